The van der Waals surface area contributed by atoms with Crippen LogP contribution in [-0.4, -0.2) is 36.5 Å². The summed E-state index contributed by atoms with van der Waals surface area (Å²) in [6.07, 6.45) is 3.60. The Bertz CT molecular complexity index is 1450. The molecule has 9 nitrogen and oxygen atoms in total. The molecule has 2 N–H and O–H groups in total. The fourth-order valence-corrected chi connectivity index (χ4v) is 4.11. The number of hydrogen-bond donors (Lipinski definition) is 1. The summed E-state index contributed by atoms with van der Waals surface area (Å²) in [5, 5.41) is 4.87. The monoisotopic (exact) mass is 487 g/mol. The third-order valence-corrected chi connectivity index (χ3v) is 5.79. The number of carbonyl (C=O) groups excluding carboxylic acids is 1. The first-order chi connectivity index (χ1) is 15.3. The number of ketones is 1. The van der Waals surface area contributed by atoms with Crippen LogP contribution in [0.5, 0.6) is 0 Å². The number of hydrogen-bond acceptors (Lipinski definition) is 7. The molecule has 0 saturated carbocycles. The van der Waals surface area contributed by atoms with Crippen molar-refractivity contribution in [3.8, 4) is 5.69 Å². The highest BCUT2D eigenvalue weighted by atomic mass is 35.5. The summed E-state index contributed by atoms with van der Waals surface area (Å²) in [6, 6.07) is 6.85. The zero-order valence-corrected chi connectivity index (χ0v) is 19.1. The van der Waals surface area contributed by atoms with Crippen LogP contribution in [0.4, 0.5) is 16.2 Å². The third-order valence-electron chi connectivity index (χ3n) is 5.49. The molecule has 1 atom stereocenters. The van der Waals surface area contributed by atoms with Gasteiger partial charge in [0.1, 0.15) is 17.2 Å². The Hall–Kier alpha value is -3.44. The van der Waals surface area contributed by atoms with E-state index >= 15 is 0 Å². The van der Waals surface area contributed by atoms with E-state index in [1.165, 1.54) is 40.4 Å². The molecule has 0 spiro atoms. The third kappa shape index (κ3) is 3.72. The van der Waals surface area contributed by atoms with Gasteiger partial charge in [0, 0.05) is 18.9 Å². The van der Waals surface area contributed by atoms with E-state index in [1.54, 1.807) is 18.3 Å². The highest BCUT2D eigenvalue weighted by Crippen LogP contribution is 2.38. The molecule has 3 aromatic heterocycles. The Labute approximate surface area is 199 Å². The van der Waals surface area contributed by atoms with Crippen LogP contribution in [0.3, 0.4) is 0 Å². The molecule has 0 amide bonds. The standard InChI is InChI=1S/C21H17ClFN7O2.H2S/c1-11(31)14-10-25-21(24)26-18(14)28-7-6-16(28)19-27-29-8-5-15(22)17(29)20(32)30(19)13-4-2-3-12(23)9-13;/h2-5,8-10,16H,6-7H2,1H3,(H2,24,25,26);1H2/t16-;/m0./s1. The van der Waals surface area contributed by atoms with E-state index < -0.39 is 17.4 Å². The maximum Gasteiger partial charge on any atom is 0.284 e. The number of anilines is 2. The van der Waals surface area contributed by atoms with Crippen molar-refractivity contribution >= 4 is 48.2 Å². The number of carbonyl (C=O) groups is 1. The fourth-order valence-electron chi connectivity index (χ4n) is 3.89. The molecular formula is C21H19ClFN7O2S. The summed E-state index contributed by atoms with van der Waals surface area (Å²) in [4.78, 5) is 35.6. The van der Waals surface area contributed by atoms with Crippen molar-refractivity contribution in [2.45, 2.75) is 19.4 Å². The van der Waals surface area contributed by atoms with Crippen LogP contribution < -0.4 is 16.2 Å². The first-order valence-corrected chi connectivity index (χ1v) is 10.2. The number of nitrogens with zero attached hydrogens (tertiary/aromatic N) is 6. The summed E-state index contributed by atoms with van der Waals surface area (Å²) in [5.74, 6) is 0.0485. The van der Waals surface area contributed by atoms with Crippen LogP contribution in [0, 0.1) is 5.82 Å². The molecule has 1 saturated heterocycles. The number of Topliss-reactive ketones (excluding diaryl/α,β-unsaturated/α-hetero) is 1. The number of benzene rings is 1. The van der Waals surface area contributed by atoms with Crippen molar-refractivity contribution in [3.05, 3.63) is 75.3 Å². The van der Waals surface area contributed by atoms with Crippen LogP contribution in [0.2, 0.25) is 5.02 Å². The summed E-state index contributed by atoms with van der Waals surface area (Å²) in [5.41, 5.74) is 6.15. The Morgan fingerprint density at radius 2 is 2.09 bits per heavy atom. The molecule has 170 valence electrons. The normalized spacial score (nSPS) is 15.2. The largest absolute Gasteiger partial charge is 0.368 e. The van der Waals surface area contributed by atoms with Gasteiger partial charge in [-0.1, -0.05) is 17.7 Å². The molecule has 33 heavy (non-hydrogen) atoms. The van der Waals surface area contributed by atoms with E-state index in [0.29, 0.717) is 35.9 Å². The molecule has 4 aromatic rings. The predicted molar refractivity (Wildman–Crippen MR) is 127 cm³/mol. The van der Waals surface area contributed by atoms with Crippen LogP contribution in [0.1, 0.15) is 35.6 Å². The summed E-state index contributed by atoms with van der Waals surface area (Å²) in [6.45, 7) is 1.98. The van der Waals surface area contributed by atoms with E-state index in [9.17, 15) is 14.0 Å². The van der Waals surface area contributed by atoms with Gasteiger partial charge < -0.3 is 10.6 Å². The Morgan fingerprint density at radius 1 is 1.30 bits per heavy atom. The molecule has 1 aliphatic heterocycles. The lowest BCUT2D eigenvalue weighted by molar-refractivity contribution is 0.101. The number of nitrogens with two attached hydrogens (primary N) is 1. The molecule has 1 aliphatic rings. The molecule has 5 rings (SSSR count). The summed E-state index contributed by atoms with van der Waals surface area (Å²) < 4.78 is 16.8. The van der Waals surface area contributed by atoms with E-state index in [0.717, 1.165) is 0 Å². The van der Waals surface area contributed by atoms with Gasteiger partial charge in [-0.15, -0.1) is 0 Å². The van der Waals surface area contributed by atoms with Gasteiger partial charge in [0.05, 0.1) is 22.3 Å². The van der Waals surface area contributed by atoms with Crippen LogP contribution in [-0.2, 0) is 0 Å². The van der Waals surface area contributed by atoms with Gasteiger partial charge in [-0.25, -0.2) is 13.9 Å². The quantitative estimate of drug-likeness (QED) is 0.440. The van der Waals surface area contributed by atoms with Gasteiger partial charge in [-0.2, -0.15) is 23.6 Å². The molecule has 1 aromatic carbocycles. The van der Waals surface area contributed by atoms with Gasteiger partial charge in [0.15, 0.2) is 11.6 Å². The average molecular weight is 488 g/mol. The van der Waals surface area contributed by atoms with Gasteiger partial charge >= 0.3 is 0 Å². The second-order valence-electron chi connectivity index (χ2n) is 7.46. The van der Waals surface area contributed by atoms with Gasteiger partial charge in [-0.05, 0) is 37.6 Å². The number of nitrogen functional groups attached to an aromatic ring is 1. The molecule has 0 unspecified atom stereocenters. The number of halogens is 2. The van der Waals surface area contributed by atoms with Crippen molar-refractivity contribution in [2.24, 2.45) is 0 Å². The first-order valence-electron chi connectivity index (χ1n) is 9.81. The fraction of sp³-hybridized carbons (Fsp3) is 0.190. The smallest absolute Gasteiger partial charge is 0.284 e. The van der Waals surface area contributed by atoms with Crippen molar-refractivity contribution in [1.82, 2.24) is 24.1 Å². The van der Waals surface area contributed by atoms with Crippen LogP contribution in [0.15, 0.2) is 47.5 Å². The molecule has 12 heteroatoms. The molecular weight excluding hydrogens is 469 g/mol. The van der Waals surface area contributed by atoms with E-state index in [4.69, 9.17) is 17.3 Å². The van der Waals surface area contributed by atoms with Crippen molar-refractivity contribution < 1.29 is 9.18 Å². The number of rotatable bonds is 4. The van der Waals surface area contributed by atoms with Crippen molar-refractivity contribution in [1.29, 1.82) is 0 Å². The van der Waals surface area contributed by atoms with Gasteiger partial charge in [-0.3, -0.25) is 14.2 Å². The summed E-state index contributed by atoms with van der Waals surface area (Å²) in [7, 11) is 0. The second-order valence-corrected chi connectivity index (χ2v) is 7.86. The number of aromatic nitrogens is 5. The van der Waals surface area contributed by atoms with Crippen LogP contribution in [0.25, 0.3) is 11.2 Å². The first kappa shape index (κ1) is 22.7. The lowest BCUT2D eigenvalue weighted by Gasteiger charge is -2.42. The molecule has 1 fully saturated rings. The second kappa shape index (κ2) is 8.49. The SMILES string of the molecule is CC(=O)c1cnc(N)nc1N1CC[C@H]1c1nn2ccc(Cl)c2c(=O)n1-c1cccc(F)c1.S. The van der Waals surface area contributed by atoms with Gasteiger partial charge in [0.25, 0.3) is 5.56 Å². The van der Waals surface area contributed by atoms with Crippen LogP contribution >= 0.6 is 25.1 Å². The van der Waals surface area contributed by atoms with E-state index in [1.807, 2.05) is 4.90 Å². The zero-order chi connectivity index (χ0) is 22.6. The average Bonchev–Trinajstić information content (AvgIpc) is 3.08. The van der Waals surface area contributed by atoms with E-state index in [-0.39, 0.29) is 35.8 Å². The maximum absolute atomic E-state index is 14.0. The van der Waals surface area contributed by atoms with Gasteiger partial charge in [0.2, 0.25) is 5.95 Å². The van der Waals surface area contributed by atoms with E-state index in [2.05, 4.69) is 15.1 Å². The number of fused-ring (bicyclic) bond motifs is 1. The molecule has 4 heterocycles. The molecule has 0 radical (unpaired) electrons. The Balaban J connectivity index is 0.00000259. The Kier molecular flexibility index (Phi) is 5.85. The molecule has 0 bridgehead atoms. The minimum atomic E-state index is -0.491. The summed E-state index contributed by atoms with van der Waals surface area (Å²) >= 11 is 6.22. The van der Waals surface area contributed by atoms with Crippen molar-refractivity contribution in [3.63, 3.8) is 0 Å². The van der Waals surface area contributed by atoms with Crippen molar-refractivity contribution in [2.75, 3.05) is 17.2 Å². The molecule has 0 aliphatic carbocycles. The topological polar surface area (TPSA) is 111 Å². The highest BCUT2D eigenvalue weighted by molar-refractivity contribution is 7.59. The maximum atomic E-state index is 14.0. The highest BCUT2D eigenvalue weighted by Gasteiger charge is 2.37. The predicted octanol–water partition coefficient (Wildman–Crippen LogP) is 2.92. The Morgan fingerprint density at radius 3 is 2.76 bits per heavy atom. The zero-order valence-electron chi connectivity index (χ0n) is 17.4. The minimum Gasteiger partial charge on any atom is -0.368 e. The lowest BCUT2D eigenvalue weighted by Crippen LogP contribution is -2.46. The lowest BCUT2D eigenvalue weighted by atomic mass is 10.00. The minimum absolute atomic E-state index is 0.